The molecule has 14 heteroatoms. The monoisotopic (exact) mass is 567 g/mol. The molecule has 3 atom stereocenters. The summed E-state index contributed by atoms with van der Waals surface area (Å²) < 4.78 is 47.7. The van der Waals surface area contributed by atoms with Crippen LogP contribution in [0, 0.1) is 11.6 Å². The van der Waals surface area contributed by atoms with Crippen LogP contribution in [0.2, 0.25) is 5.02 Å². The molecular formula is C23H20ClF2N5O4S2. The molecule has 0 aliphatic carbocycles. The highest BCUT2D eigenvalue weighted by Gasteiger charge is 2.40. The molecule has 194 valence electrons. The van der Waals surface area contributed by atoms with Crippen molar-refractivity contribution in [1.29, 1.82) is 0 Å². The van der Waals surface area contributed by atoms with Crippen molar-refractivity contribution >= 4 is 45.6 Å². The van der Waals surface area contributed by atoms with E-state index in [9.17, 15) is 22.9 Å². The first kappa shape index (κ1) is 26.7. The first-order chi connectivity index (χ1) is 17.6. The van der Waals surface area contributed by atoms with Crippen LogP contribution in [-0.4, -0.2) is 36.0 Å². The molecule has 9 nitrogen and oxygen atoms in total. The van der Waals surface area contributed by atoms with Gasteiger partial charge in [-0.05, 0) is 43.3 Å². The van der Waals surface area contributed by atoms with E-state index in [-0.39, 0.29) is 26.9 Å². The van der Waals surface area contributed by atoms with E-state index in [0.29, 0.717) is 16.8 Å². The van der Waals surface area contributed by atoms with Gasteiger partial charge in [-0.15, -0.1) is 11.3 Å². The summed E-state index contributed by atoms with van der Waals surface area (Å²) in [6.07, 6.45) is 2.53. The van der Waals surface area contributed by atoms with Crippen LogP contribution in [0.1, 0.15) is 22.2 Å². The highest BCUT2D eigenvalue weighted by atomic mass is 35.5. The number of rotatable bonds is 9. The van der Waals surface area contributed by atoms with E-state index < -0.39 is 40.3 Å². The molecule has 2 aromatic carbocycles. The van der Waals surface area contributed by atoms with Gasteiger partial charge < -0.3 is 20.3 Å². The van der Waals surface area contributed by atoms with Gasteiger partial charge in [-0.2, -0.15) is 5.10 Å². The van der Waals surface area contributed by atoms with E-state index in [1.54, 1.807) is 12.1 Å². The summed E-state index contributed by atoms with van der Waals surface area (Å²) in [5, 5.41) is 18.6. The van der Waals surface area contributed by atoms with Crippen molar-refractivity contribution in [2.45, 2.75) is 29.3 Å². The number of benzene rings is 2. The molecule has 37 heavy (non-hydrogen) atoms. The first-order valence-electron chi connectivity index (χ1n) is 10.6. The summed E-state index contributed by atoms with van der Waals surface area (Å²) >= 11 is 4.70. The molecule has 0 bridgehead atoms. The maximum atomic E-state index is 14.7. The molecule has 1 amide bonds. The highest BCUT2D eigenvalue weighted by molar-refractivity contribution is 7.83. The lowest BCUT2D eigenvalue weighted by atomic mass is 9.86. The maximum absolute atomic E-state index is 14.7. The number of nitrogens with one attached hydrogen (secondary N) is 1. The van der Waals surface area contributed by atoms with Crippen molar-refractivity contribution in [3.63, 3.8) is 0 Å². The molecule has 0 aliphatic heterocycles. The zero-order valence-electron chi connectivity index (χ0n) is 19.1. The van der Waals surface area contributed by atoms with Gasteiger partial charge in [0, 0.05) is 16.7 Å². The zero-order chi connectivity index (χ0) is 26.7. The van der Waals surface area contributed by atoms with Gasteiger partial charge in [0.25, 0.3) is 17.0 Å². The number of halogens is 3. The smallest absolute Gasteiger partial charge is 0.263 e. The van der Waals surface area contributed by atoms with Crippen molar-refractivity contribution < 1.29 is 27.1 Å². The van der Waals surface area contributed by atoms with Gasteiger partial charge in [0.15, 0.2) is 0 Å². The summed E-state index contributed by atoms with van der Waals surface area (Å²) in [5.74, 6) is -2.23. The molecule has 4 rings (SSSR count). The highest BCUT2D eigenvalue weighted by Crippen LogP contribution is 2.32. The molecule has 0 fully saturated rings. The number of nitrogen functional groups attached to an aromatic ring is 1. The largest absolute Gasteiger partial charge is 0.397 e. The quantitative estimate of drug-likeness (QED) is 0.281. The number of nitrogens with zero attached hydrogens (tertiary/aromatic N) is 3. The number of aliphatic hydroxyl groups is 1. The number of carbonyl (C=O) groups is 1. The lowest BCUT2D eigenvalue weighted by Gasteiger charge is -2.35. The Balaban J connectivity index is 1.56. The number of nitrogens with two attached hydrogens (primary N) is 1. The van der Waals surface area contributed by atoms with Crippen molar-refractivity contribution in [1.82, 2.24) is 20.1 Å². The maximum Gasteiger partial charge on any atom is 0.263 e. The molecule has 4 aromatic rings. The third kappa shape index (κ3) is 5.96. The minimum Gasteiger partial charge on any atom is -0.397 e. The number of aromatic nitrogens is 3. The third-order valence-electron chi connectivity index (χ3n) is 5.43. The summed E-state index contributed by atoms with van der Waals surface area (Å²) in [4.78, 5) is 16.9. The van der Waals surface area contributed by atoms with Crippen molar-refractivity contribution in [2.75, 3.05) is 5.73 Å². The van der Waals surface area contributed by atoms with Gasteiger partial charge >= 0.3 is 0 Å². The minimum absolute atomic E-state index is 0.0117. The fourth-order valence-electron chi connectivity index (χ4n) is 3.50. The van der Waals surface area contributed by atoms with E-state index >= 15 is 0 Å². The lowest BCUT2D eigenvalue weighted by Crippen LogP contribution is -2.51. The SMILES string of the molecule is C[C@@H](NC(=O)c1sc(S(=O)Oc2ccc(Cl)cc2)cc1N)[C@](O)(Cn1cncn1)c1ccc(F)cc1F. The Kier molecular flexibility index (Phi) is 7.87. The van der Waals surface area contributed by atoms with Crippen LogP contribution in [-0.2, 0) is 23.2 Å². The predicted octanol–water partition coefficient (Wildman–Crippen LogP) is 3.66. The molecular weight excluding hydrogens is 548 g/mol. The van der Waals surface area contributed by atoms with Gasteiger partial charge in [0.05, 0.1) is 18.3 Å². The van der Waals surface area contributed by atoms with Crippen LogP contribution in [0.4, 0.5) is 14.5 Å². The second-order valence-electron chi connectivity index (χ2n) is 7.96. The minimum atomic E-state index is -2.06. The molecule has 0 spiro atoms. The Labute approximate surface area is 221 Å². The molecule has 0 saturated carbocycles. The van der Waals surface area contributed by atoms with E-state index in [4.69, 9.17) is 21.5 Å². The molecule has 0 aliphatic rings. The van der Waals surface area contributed by atoms with Crippen LogP contribution in [0.25, 0.3) is 0 Å². The standard InChI is InChI=1S/C23H20ClF2N5O4S2/c1-13(23(33,10-31-12-28-11-29-31)17-7-4-15(25)8-18(17)26)30-22(32)21-19(27)9-20(36-21)37(34)35-16-5-2-14(24)3-6-16/h2-9,11-13,33H,10,27H2,1H3,(H,30,32)/t13-,23-,37?/m1/s1. The van der Waals surface area contributed by atoms with Crippen molar-refractivity contribution in [2.24, 2.45) is 0 Å². The summed E-state index contributed by atoms with van der Waals surface area (Å²) in [6.45, 7) is 1.14. The number of hydrogen-bond acceptors (Lipinski definition) is 8. The molecule has 0 saturated heterocycles. The second kappa shape index (κ2) is 10.9. The lowest BCUT2D eigenvalue weighted by molar-refractivity contribution is -0.0185. The Morgan fingerprint density at radius 2 is 2.03 bits per heavy atom. The summed E-state index contributed by atoms with van der Waals surface area (Å²) in [5.41, 5.74) is 3.71. The van der Waals surface area contributed by atoms with Gasteiger partial charge in [0.2, 0.25) is 0 Å². The summed E-state index contributed by atoms with van der Waals surface area (Å²) in [6, 6.07) is 9.17. The molecule has 0 radical (unpaired) electrons. The van der Waals surface area contributed by atoms with Gasteiger partial charge in [0.1, 0.15) is 44.7 Å². The van der Waals surface area contributed by atoms with Crippen LogP contribution >= 0.6 is 22.9 Å². The average Bonchev–Trinajstić information content (AvgIpc) is 3.49. The van der Waals surface area contributed by atoms with Gasteiger partial charge in [-0.3, -0.25) is 4.79 Å². The first-order valence-corrected chi connectivity index (χ1v) is 12.9. The average molecular weight is 568 g/mol. The third-order valence-corrected chi connectivity index (χ3v) is 8.07. The van der Waals surface area contributed by atoms with E-state index in [1.165, 1.54) is 42.5 Å². The number of carbonyl (C=O) groups excluding carboxylic acids is 1. The van der Waals surface area contributed by atoms with Crippen LogP contribution in [0.15, 0.2) is 65.4 Å². The molecule has 4 N–H and O–H groups in total. The zero-order valence-corrected chi connectivity index (χ0v) is 21.5. The van der Waals surface area contributed by atoms with Crippen molar-refractivity contribution in [3.05, 3.63) is 88.3 Å². The molecule has 2 aromatic heterocycles. The Morgan fingerprint density at radius 1 is 1.30 bits per heavy atom. The molecule has 2 heterocycles. The number of amides is 1. The predicted molar refractivity (Wildman–Crippen MR) is 134 cm³/mol. The number of hydrogen-bond donors (Lipinski definition) is 3. The van der Waals surface area contributed by atoms with Crippen LogP contribution < -0.4 is 15.2 Å². The molecule has 1 unspecified atom stereocenters. The van der Waals surface area contributed by atoms with E-state index in [2.05, 4.69) is 15.4 Å². The van der Waals surface area contributed by atoms with Crippen molar-refractivity contribution in [3.8, 4) is 5.75 Å². The van der Waals surface area contributed by atoms with Gasteiger partial charge in [-0.1, -0.05) is 17.7 Å². The second-order valence-corrected chi connectivity index (χ2v) is 10.8. The normalized spacial score (nSPS) is 14.5. The number of thiophene rings is 1. The number of anilines is 1. The Morgan fingerprint density at radius 3 is 2.68 bits per heavy atom. The van der Waals surface area contributed by atoms with Crippen LogP contribution in [0.3, 0.4) is 0 Å². The Hall–Kier alpha value is -3.39. The fraction of sp³-hybridized carbons (Fsp3) is 0.174. The topological polar surface area (TPSA) is 132 Å². The van der Waals surface area contributed by atoms with Crippen LogP contribution in [0.5, 0.6) is 5.75 Å². The Bertz CT molecular complexity index is 1440. The van der Waals surface area contributed by atoms with E-state index in [1.807, 2.05) is 0 Å². The summed E-state index contributed by atoms with van der Waals surface area (Å²) in [7, 11) is 0. The van der Waals surface area contributed by atoms with Gasteiger partial charge in [-0.25, -0.2) is 22.7 Å². The van der Waals surface area contributed by atoms with E-state index in [0.717, 1.165) is 23.5 Å². The fourth-order valence-corrected chi connectivity index (χ4v) is 5.56.